The molecule has 4 nitrogen and oxygen atoms in total. The van der Waals surface area contributed by atoms with Gasteiger partial charge in [-0.25, -0.2) is 0 Å². The van der Waals surface area contributed by atoms with Crippen LogP contribution in [0.5, 0.6) is 0 Å². The van der Waals surface area contributed by atoms with Crippen molar-refractivity contribution in [3.05, 3.63) is 29.3 Å². The molecule has 0 atom stereocenters. The van der Waals surface area contributed by atoms with E-state index in [4.69, 9.17) is 5.73 Å². The number of aliphatic hydroxyl groups is 1. The second-order valence-corrected chi connectivity index (χ2v) is 5.58. The average Bonchev–Trinajstić information content (AvgIpc) is 3.12. The SMILES string of the molecule is Cc1cccc(C(=O)N2CC(O)(C3CC3)C2)c1N. The highest BCUT2D eigenvalue weighted by Crippen LogP contribution is 2.44. The van der Waals surface area contributed by atoms with Crippen molar-refractivity contribution in [3.8, 4) is 0 Å². The summed E-state index contributed by atoms with van der Waals surface area (Å²) in [5, 5.41) is 10.2. The van der Waals surface area contributed by atoms with E-state index in [2.05, 4.69) is 0 Å². The van der Waals surface area contributed by atoms with Gasteiger partial charge in [0.05, 0.1) is 18.7 Å². The topological polar surface area (TPSA) is 66.6 Å². The van der Waals surface area contributed by atoms with E-state index in [1.807, 2.05) is 19.1 Å². The average molecular weight is 246 g/mol. The first kappa shape index (κ1) is 11.5. The Labute approximate surface area is 106 Å². The van der Waals surface area contributed by atoms with Gasteiger partial charge < -0.3 is 15.7 Å². The highest BCUT2D eigenvalue weighted by atomic mass is 16.3. The number of benzene rings is 1. The zero-order valence-corrected chi connectivity index (χ0v) is 10.5. The first-order valence-corrected chi connectivity index (χ1v) is 6.38. The number of para-hydroxylation sites is 1. The minimum absolute atomic E-state index is 0.0680. The van der Waals surface area contributed by atoms with E-state index in [1.165, 1.54) is 0 Å². The smallest absolute Gasteiger partial charge is 0.256 e. The van der Waals surface area contributed by atoms with Crippen LogP contribution in [0, 0.1) is 12.8 Å². The molecule has 1 aromatic carbocycles. The maximum Gasteiger partial charge on any atom is 0.256 e. The molecule has 1 aliphatic heterocycles. The third kappa shape index (κ3) is 1.68. The maximum absolute atomic E-state index is 12.3. The summed E-state index contributed by atoms with van der Waals surface area (Å²) < 4.78 is 0. The Balaban J connectivity index is 1.74. The number of nitrogens with zero attached hydrogens (tertiary/aromatic N) is 1. The molecule has 0 radical (unpaired) electrons. The van der Waals surface area contributed by atoms with Crippen molar-refractivity contribution in [2.24, 2.45) is 5.92 Å². The molecule has 1 heterocycles. The van der Waals surface area contributed by atoms with Crippen LogP contribution >= 0.6 is 0 Å². The lowest BCUT2D eigenvalue weighted by molar-refractivity contribution is -0.0957. The van der Waals surface area contributed by atoms with Crippen LogP contribution in [0.1, 0.15) is 28.8 Å². The van der Waals surface area contributed by atoms with E-state index in [0.29, 0.717) is 30.3 Å². The van der Waals surface area contributed by atoms with Gasteiger partial charge in [-0.05, 0) is 37.3 Å². The van der Waals surface area contributed by atoms with Gasteiger partial charge in [0.2, 0.25) is 0 Å². The van der Waals surface area contributed by atoms with Crippen molar-refractivity contribution < 1.29 is 9.90 Å². The highest BCUT2D eigenvalue weighted by Gasteiger charge is 2.53. The van der Waals surface area contributed by atoms with Crippen LogP contribution in [-0.4, -0.2) is 34.6 Å². The Bertz CT molecular complexity index is 503. The summed E-state index contributed by atoms with van der Waals surface area (Å²) in [7, 11) is 0. The summed E-state index contributed by atoms with van der Waals surface area (Å²) in [6.45, 7) is 2.79. The number of amides is 1. The third-order valence-corrected chi connectivity index (χ3v) is 4.11. The van der Waals surface area contributed by atoms with Gasteiger partial charge in [0, 0.05) is 5.69 Å². The Morgan fingerprint density at radius 3 is 2.72 bits per heavy atom. The number of hydrogen-bond acceptors (Lipinski definition) is 3. The van der Waals surface area contributed by atoms with Gasteiger partial charge in [0.15, 0.2) is 0 Å². The van der Waals surface area contributed by atoms with Crippen molar-refractivity contribution >= 4 is 11.6 Å². The van der Waals surface area contributed by atoms with Gasteiger partial charge in [0.1, 0.15) is 5.60 Å². The monoisotopic (exact) mass is 246 g/mol. The lowest BCUT2D eigenvalue weighted by atomic mass is 9.88. The number of hydrogen-bond donors (Lipinski definition) is 2. The van der Waals surface area contributed by atoms with Crippen molar-refractivity contribution in [2.75, 3.05) is 18.8 Å². The Hall–Kier alpha value is -1.55. The zero-order valence-electron chi connectivity index (χ0n) is 10.5. The molecule has 0 unspecified atom stereocenters. The molecule has 0 spiro atoms. The lowest BCUT2D eigenvalue weighted by Crippen LogP contribution is -2.64. The molecule has 18 heavy (non-hydrogen) atoms. The van der Waals surface area contributed by atoms with Crippen molar-refractivity contribution in [1.29, 1.82) is 0 Å². The second-order valence-electron chi connectivity index (χ2n) is 5.58. The normalized spacial score (nSPS) is 21.6. The van der Waals surface area contributed by atoms with E-state index < -0.39 is 5.60 Å². The minimum Gasteiger partial charge on any atom is -0.398 e. The second kappa shape index (κ2) is 3.72. The predicted molar refractivity (Wildman–Crippen MR) is 69.2 cm³/mol. The van der Waals surface area contributed by atoms with Crippen molar-refractivity contribution in [2.45, 2.75) is 25.4 Å². The molecule has 96 valence electrons. The molecule has 0 aromatic heterocycles. The number of β-amino-alcohol motifs (C(OH)–C–C–N with tert-alkyl or cyclic N) is 1. The van der Waals surface area contributed by atoms with Crippen LogP contribution in [0.15, 0.2) is 18.2 Å². The van der Waals surface area contributed by atoms with E-state index in [0.717, 1.165) is 18.4 Å². The molecule has 2 fully saturated rings. The fourth-order valence-corrected chi connectivity index (χ4v) is 2.67. The molecular weight excluding hydrogens is 228 g/mol. The van der Waals surface area contributed by atoms with Gasteiger partial charge in [0.25, 0.3) is 5.91 Å². The Morgan fingerprint density at radius 2 is 2.11 bits per heavy atom. The first-order valence-electron chi connectivity index (χ1n) is 6.38. The quantitative estimate of drug-likeness (QED) is 0.770. The van der Waals surface area contributed by atoms with Gasteiger partial charge in [-0.1, -0.05) is 12.1 Å². The fourth-order valence-electron chi connectivity index (χ4n) is 2.67. The first-order chi connectivity index (χ1) is 8.51. The number of anilines is 1. The molecule has 4 heteroatoms. The van der Waals surface area contributed by atoms with E-state index in [-0.39, 0.29) is 5.91 Å². The summed E-state index contributed by atoms with van der Waals surface area (Å²) >= 11 is 0. The van der Waals surface area contributed by atoms with Crippen LogP contribution in [0.3, 0.4) is 0 Å². The number of likely N-dealkylation sites (tertiary alicyclic amines) is 1. The molecule has 1 saturated heterocycles. The Kier molecular flexibility index (Phi) is 2.38. The van der Waals surface area contributed by atoms with Gasteiger partial charge in [-0.15, -0.1) is 0 Å². The summed E-state index contributed by atoms with van der Waals surface area (Å²) in [5.74, 6) is 0.331. The summed E-state index contributed by atoms with van der Waals surface area (Å²) in [4.78, 5) is 13.9. The van der Waals surface area contributed by atoms with Crippen molar-refractivity contribution in [3.63, 3.8) is 0 Å². The van der Waals surface area contributed by atoms with E-state index in [9.17, 15) is 9.90 Å². The minimum atomic E-state index is -0.631. The molecule has 0 bridgehead atoms. The predicted octanol–water partition coefficient (Wildman–Crippen LogP) is 1.17. The number of carbonyl (C=O) groups is 1. The highest BCUT2D eigenvalue weighted by molar-refractivity contribution is 6.00. The van der Waals surface area contributed by atoms with Gasteiger partial charge in [-0.2, -0.15) is 0 Å². The molecular formula is C14H18N2O2. The molecule has 3 rings (SSSR count). The van der Waals surface area contributed by atoms with Crippen molar-refractivity contribution in [1.82, 2.24) is 4.90 Å². The lowest BCUT2D eigenvalue weighted by Gasteiger charge is -2.47. The van der Waals surface area contributed by atoms with Gasteiger partial charge in [-0.3, -0.25) is 4.79 Å². The van der Waals surface area contributed by atoms with E-state index in [1.54, 1.807) is 11.0 Å². The molecule has 1 saturated carbocycles. The zero-order chi connectivity index (χ0) is 12.9. The Morgan fingerprint density at radius 1 is 1.44 bits per heavy atom. The molecule has 1 aromatic rings. The standard InChI is InChI=1S/C14H18N2O2/c1-9-3-2-4-11(12(9)15)13(17)16-7-14(18,8-16)10-5-6-10/h2-4,10,18H,5-8,15H2,1H3. The largest absolute Gasteiger partial charge is 0.398 e. The maximum atomic E-state index is 12.3. The van der Waals surface area contributed by atoms with E-state index >= 15 is 0 Å². The fraction of sp³-hybridized carbons (Fsp3) is 0.500. The summed E-state index contributed by atoms with van der Waals surface area (Å²) in [5.41, 5.74) is 7.31. The van der Waals surface area contributed by atoms with Gasteiger partial charge >= 0.3 is 0 Å². The molecule has 2 aliphatic rings. The molecule has 1 amide bonds. The number of carbonyl (C=O) groups excluding carboxylic acids is 1. The number of nitrogens with two attached hydrogens (primary N) is 1. The molecule has 1 aliphatic carbocycles. The van der Waals surface area contributed by atoms with Crippen LogP contribution in [0.25, 0.3) is 0 Å². The third-order valence-electron chi connectivity index (χ3n) is 4.11. The number of nitrogen functional groups attached to an aromatic ring is 1. The number of aryl methyl sites for hydroxylation is 1. The van der Waals surface area contributed by atoms with Crippen LogP contribution in [0.4, 0.5) is 5.69 Å². The van der Waals surface area contributed by atoms with Crippen LogP contribution in [-0.2, 0) is 0 Å². The van der Waals surface area contributed by atoms with Crippen LogP contribution < -0.4 is 5.73 Å². The van der Waals surface area contributed by atoms with Crippen LogP contribution in [0.2, 0.25) is 0 Å². The number of rotatable bonds is 2. The molecule has 3 N–H and O–H groups in total. The summed E-state index contributed by atoms with van der Waals surface area (Å²) in [6.07, 6.45) is 2.18. The summed E-state index contributed by atoms with van der Waals surface area (Å²) in [6, 6.07) is 5.48.